The lowest BCUT2D eigenvalue weighted by molar-refractivity contribution is -0.143. The predicted octanol–water partition coefficient (Wildman–Crippen LogP) is 16.1. The van der Waals surface area contributed by atoms with Crippen LogP contribution < -0.4 is 5.32 Å². The van der Waals surface area contributed by atoms with Gasteiger partial charge < -0.3 is 20.3 Å². The number of aliphatic hydroxyl groups is 2. The molecule has 0 bridgehead atoms. The molecule has 0 spiro atoms. The Labute approximate surface area is 374 Å². The highest BCUT2D eigenvalue weighted by Crippen LogP contribution is 2.16. The van der Waals surface area contributed by atoms with Crippen LogP contribution >= 0.6 is 0 Å². The number of allylic oxidation sites excluding steroid dienone is 2. The fraction of sp³-hybridized carbons (Fsp3) is 0.926. The van der Waals surface area contributed by atoms with Gasteiger partial charge >= 0.3 is 5.97 Å². The quantitative estimate of drug-likeness (QED) is 0.0322. The third-order valence-corrected chi connectivity index (χ3v) is 12.6. The van der Waals surface area contributed by atoms with Crippen LogP contribution in [0.15, 0.2) is 12.2 Å². The van der Waals surface area contributed by atoms with Crippen LogP contribution in [0, 0.1) is 0 Å². The number of esters is 1. The van der Waals surface area contributed by atoms with Gasteiger partial charge in [0.25, 0.3) is 0 Å². The van der Waals surface area contributed by atoms with Gasteiger partial charge in [0.2, 0.25) is 5.91 Å². The van der Waals surface area contributed by atoms with Crippen molar-refractivity contribution in [2.75, 3.05) is 13.2 Å². The van der Waals surface area contributed by atoms with E-state index in [4.69, 9.17) is 4.74 Å². The molecule has 0 heterocycles. The molecule has 0 aromatic carbocycles. The molecule has 6 nitrogen and oxygen atoms in total. The van der Waals surface area contributed by atoms with E-state index in [0.717, 1.165) is 38.5 Å². The smallest absolute Gasteiger partial charge is 0.305 e. The van der Waals surface area contributed by atoms with Crippen molar-refractivity contribution in [2.24, 2.45) is 0 Å². The van der Waals surface area contributed by atoms with E-state index in [9.17, 15) is 19.8 Å². The molecule has 0 aliphatic rings. The molecule has 0 aromatic heterocycles. The van der Waals surface area contributed by atoms with E-state index in [1.807, 2.05) is 0 Å². The van der Waals surface area contributed by atoms with Crippen molar-refractivity contribution in [3.8, 4) is 0 Å². The number of unbranched alkanes of at least 4 members (excludes halogenated alkanes) is 37. The summed E-state index contributed by atoms with van der Waals surface area (Å²) in [4.78, 5) is 24.4. The van der Waals surface area contributed by atoms with Crippen LogP contribution in [0.1, 0.15) is 296 Å². The number of aliphatic hydroxyl groups excluding tert-OH is 2. The Morgan fingerprint density at radius 2 is 0.783 bits per heavy atom. The summed E-state index contributed by atoms with van der Waals surface area (Å²) < 4.78 is 5.47. The van der Waals surface area contributed by atoms with Crippen LogP contribution in [0.2, 0.25) is 0 Å². The van der Waals surface area contributed by atoms with Crippen molar-refractivity contribution >= 4 is 11.9 Å². The number of nitrogens with one attached hydrogen (secondary N) is 1. The number of hydrogen-bond donors (Lipinski definition) is 3. The first-order valence-electron chi connectivity index (χ1n) is 26.9. The molecule has 3 N–H and O–H groups in total. The number of rotatable bonds is 50. The van der Waals surface area contributed by atoms with Gasteiger partial charge in [0, 0.05) is 12.8 Å². The van der Waals surface area contributed by atoms with Crippen LogP contribution in [0.5, 0.6) is 0 Å². The molecular formula is C54H105NO5. The summed E-state index contributed by atoms with van der Waals surface area (Å²) in [6.07, 6.45) is 57.7. The van der Waals surface area contributed by atoms with Crippen molar-refractivity contribution in [2.45, 2.75) is 309 Å². The highest BCUT2D eigenvalue weighted by molar-refractivity contribution is 5.76. The minimum Gasteiger partial charge on any atom is -0.466 e. The molecule has 2 unspecified atom stereocenters. The molecule has 2 atom stereocenters. The van der Waals surface area contributed by atoms with Gasteiger partial charge in [-0.15, -0.1) is 0 Å². The van der Waals surface area contributed by atoms with E-state index >= 15 is 0 Å². The minimum absolute atomic E-state index is 0.00680. The number of carbonyl (C=O) groups is 2. The lowest BCUT2D eigenvalue weighted by Gasteiger charge is -2.22. The summed E-state index contributed by atoms with van der Waals surface area (Å²) in [5.74, 6) is -0.0397. The molecule has 0 radical (unpaired) electrons. The number of amides is 1. The number of ether oxygens (including phenoxy) is 1. The summed E-state index contributed by atoms with van der Waals surface area (Å²) in [5.41, 5.74) is 0. The largest absolute Gasteiger partial charge is 0.466 e. The molecule has 0 fully saturated rings. The van der Waals surface area contributed by atoms with E-state index < -0.39 is 12.1 Å². The summed E-state index contributed by atoms with van der Waals surface area (Å²) in [5, 5.41) is 23.1. The molecule has 0 aliphatic heterocycles. The molecule has 0 aromatic rings. The monoisotopic (exact) mass is 848 g/mol. The zero-order valence-electron chi connectivity index (χ0n) is 40.5. The second kappa shape index (κ2) is 50.2. The average Bonchev–Trinajstić information content (AvgIpc) is 3.25. The normalized spacial score (nSPS) is 12.7. The zero-order valence-corrected chi connectivity index (χ0v) is 40.5. The SMILES string of the molecule is CCCCCCCCCCCCCCCCCC(=O)OCCCCCCCCCC/C=C\CCCCCCCCCC(=O)NC(CO)C(O)CCCCCCCCCCC. The lowest BCUT2D eigenvalue weighted by Crippen LogP contribution is -2.45. The Hall–Kier alpha value is -1.40. The van der Waals surface area contributed by atoms with Crippen LogP contribution in [-0.4, -0.2) is 47.4 Å². The second-order valence-electron chi connectivity index (χ2n) is 18.6. The highest BCUT2D eigenvalue weighted by Gasteiger charge is 2.20. The molecule has 0 saturated carbocycles. The Bertz CT molecular complexity index is 893. The van der Waals surface area contributed by atoms with E-state index in [0.29, 0.717) is 25.9 Å². The lowest BCUT2D eigenvalue weighted by atomic mass is 10.0. The Kier molecular flexibility index (Phi) is 49.1. The second-order valence-corrected chi connectivity index (χ2v) is 18.6. The molecule has 6 heteroatoms. The van der Waals surface area contributed by atoms with Gasteiger partial charge in [0.15, 0.2) is 0 Å². The molecule has 0 saturated heterocycles. The Morgan fingerprint density at radius 1 is 0.450 bits per heavy atom. The zero-order chi connectivity index (χ0) is 43.7. The van der Waals surface area contributed by atoms with E-state index in [2.05, 4.69) is 31.3 Å². The van der Waals surface area contributed by atoms with E-state index in [1.165, 1.54) is 225 Å². The Morgan fingerprint density at radius 3 is 1.18 bits per heavy atom. The third-order valence-electron chi connectivity index (χ3n) is 12.6. The predicted molar refractivity (Wildman–Crippen MR) is 260 cm³/mol. The van der Waals surface area contributed by atoms with E-state index in [1.54, 1.807) is 0 Å². The maximum absolute atomic E-state index is 12.4. The van der Waals surface area contributed by atoms with Crippen LogP contribution in [0.25, 0.3) is 0 Å². The molecule has 0 aliphatic carbocycles. The van der Waals surface area contributed by atoms with Crippen molar-refractivity contribution in [3.05, 3.63) is 12.2 Å². The maximum Gasteiger partial charge on any atom is 0.305 e. The summed E-state index contributed by atoms with van der Waals surface area (Å²) >= 11 is 0. The highest BCUT2D eigenvalue weighted by atomic mass is 16.5. The summed E-state index contributed by atoms with van der Waals surface area (Å²) in [7, 11) is 0. The topological polar surface area (TPSA) is 95.9 Å². The number of hydrogen-bond acceptors (Lipinski definition) is 5. The first kappa shape index (κ1) is 58.6. The summed E-state index contributed by atoms with van der Waals surface area (Å²) in [6, 6.07) is -0.545. The van der Waals surface area contributed by atoms with Crippen LogP contribution in [0.4, 0.5) is 0 Å². The molecule has 1 amide bonds. The van der Waals surface area contributed by atoms with Gasteiger partial charge in [-0.25, -0.2) is 0 Å². The molecular weight excluding hydrogens is 743 g/mol. The van der Waals surface area contributed by atoms with Gasteiger partial charge in [0.1, 0.15) is 0 Å². The van der Waals surface area contributed by atoms with Gasteiger partial charge in [0.05, 0.1) is 25.4 Å². The molecule has 0 rings (SSSR count). The fourth-order valence-corrected chi connectivity index (χ4v) is 8.40. The van der Waals surface area contributed by atoms with Crippen LogP contribution in [-0.2, 0) is 14.3 Å². The number of carbonyl (C=O) groups excluding carboxylic acids is 2. The van der Waals surface area contributed by atoms with Crippen molar-refractivity contribution in [1.29, 1.82) is 0 Å². The minimum atomic E-state index is -0.667. The van der Waals surface area contributed by atoms with Crippen molar-refractivity contribution in [1.82, 2.24) is 5.32 Å². The average molecular weight is 848 g/mol. The Balaban J connectivity index is 3.39. The first-order chi connectivity index (χ1) is 29.5. The first-order valence-corrected chi connectivity index (χ1v) is 26.9. The van der Waals surface area contributed by atoms with Gasteiger partial charge in [-0.1, -0.05) is 244 Å². The summed E-state index contributed by atoms with van der Waals surface area (Å²) in [6.45, 7) is 4.93. The third kappa shape index (κ3) is 46.1. The van der Waals surface area contributed by atoms with E-state index in [-0.39, 0.29) is 18.5 Å². The van der Waals surface area contributed by atoms with Crippen LogP contribution in [0.3, 0.4) is 0 Å². The molecule has 356 valence electrons. The van der Waals surface area contributed by atoms with Crippen molar-refractivity contribution < 1.29 is 24.5 Å². The maximum atomic E-state index is 12.4. The fourth-order valence-electron chi connectivity index (χ4n) is 8.40. The molecule has 60 heavy (non-hydrogen) atoms. The van der Waals surface area contributed by atoms with Gasteiger partial charge in [-0.3, -0.25) is 9.59 Å². The van der Waals surface area contributed by atoms with Gasteiger partial charge in [-0.2, -0.15) is 0 Å². The standard InChI is InChI=1S/C54H105NO5/c1-3-5-7-9-11-13-14-15-21-25-28-32-36-40-44-48-54(59)60-49-45-41-37-33-29-26-23-20-18-16-17-19-22-24-27-31-35-39-43-47-53(58)55-51(50-56)52(57)46-42-38-34-30-12-10-8-6-4-2/h16-17,51-52,56-57H,3-15,18-50H2,1-2H3,(H,55,58)/b17-16-. The van der Waals surface area contributed by atoms with Crippen molar-refractivity contribution in [3.63, 3.8) is 0 Å². The van der Waals surface area contributed by atoms with Gasteiger partial charge in [-0.05, 0) is 51.4 Å².